The molecular formula is C21H26Cl2N4OS. The molecule has 0 aliphatic carbocycles. The summed E-state index contributed by atoms with van der Waals surface area (Å²) in [6.45, 7) is 2.84. The average molecular weight is 453 g/mol. The Morgan fingerprint density at radius 3 is 2.76 bits per heavy atom. The molecule has 1 aromatic carbocycles. The number of thioether (sulfide) groups is 1. The van der Waals surface area contributed by atoms with Gasteiger partial charge in [0.25, 0.3) is 5.91 Å². The van der Waals surface area contributed by atoms with Crippen LogP contribution in [-0.2, 0) is 5.75 Å². The highest BCUT2D eigenvalue weighted by Gasteiger charge is 2.14. The van der Waals surface area contributed by atoms with E-state index in [-0.39, 0.29) is 30.7 Å². The van der Waals surface area contributed by atoms with Gasteiger partial charge in [-0.1, -0.05) is 6.07 Å². The van der Waals surface area contributed by atoms with Gasteiger partial charge in [-0.15, -0.1) is 36.6 Å². The predicted molar refractivity (Wildman–Crippen MR) is 124 cm³/mol. The minimum atomic E-state index is 0. The summed E-state index contributed by atoms with van der Waals surface area (Å²) in [5, 5.41) is 6.44. The number of imidazole rings is 1. The van der Waals surface area contributed by atoms with Crippen molar-refractivity contribution in [1.82, 2.24) is 20.0 Å². The SMILES string of the molecule is Cl.Cl.O=C(NCC1CCCNC1)c1ccc(SCc2cn3ccccc3n2)cc1. The predicted octanol–water partition coefficient (Wildman–Crippen LogP) is 4.20. The Bertz CT molecular complexity index is 877. The Hall–Kier alpha value is -1.73. The summed E-state index contributed by atoms with van der Waals surface area (Å²) in [5.41, 5.74) is 2.73. The molecule has 2 aromatic heterocycles. The molecule has 0 bridgehead atoms. The van der Waals surface area contributed by atoms with E-state index in [2.05, 4.69) is 21.8 Å². The Labute approximate surface area is 187 Å². The average Bonchev–Trinajstić information content (AvgIpc) is 3.15. The second-order valence-corrected chi connectivity index (χ2v) is 7.98. The van der Waals surface area contributed by atoms with E-state index in [0.717, 1.165) is 47.2 Å². The third kappa shape index (κ3) is 6.37. The molecule has 1 amide bonds. The molecule has 1 atom stereocenters. The quantitative estimate of drug-likeness (QED) is 0.550. The molecule has 5 nitrogen and oxygen atoms in total. The molecule has 0 radical (unpaired) electrons. The number of hydrogen-bond acceptors (Lipinski definition) is 4. The van der Waals surface area contributed by atoms with Crippen LogP contribution in [0, 0.1) is 5.92 Å². The Kier molecular flexibility index (Phi) is 9.30. The van der Waals surface area contributed by atoms with Crippen LogP contribution in [0.15, 0.2) is 59.8 Å². The first-order chi connectivity index (χ1) is 13.3. The van der Waals surface area contributed by atoms with Gasteiger partial charge in [0, 0.05) is 35.2 Å². The number of carbonyl (C=O) groups excluding carboxylic acids is 1. The fourth-order valence-corrected chi connectivity index (χ4v) is 4.14. The molecule has 2 N–H and O–H groups in total. The number of carbonyl (C=O) groups is 1. The number of benzene rings is 1. The van der Waals surface area contributed by atoms with E-state index in [1.165, 1.54) is 12.8 Å². The van der Waals surface area contributed by atoms with Crippen molar-refractivity contribution in [1.29, 1.82) is 0 Å². The van der Waals surface area contributed by atoms with Crippen LogP contribution in [0.3, 0.4) is 0 Å². The Morgan fingerprint density at radius 2 is 2.03 bits per heavy atom. The highest BCUT2D eigenvalue weighted by molar-refractivity contribution is 7.98. The highest BCUT2D eigenvalue weighted by atomic mass is 35.5. The van der Waals surface area contributed by atoms with Gasteiger partial charge in [0.05, 0.1) is 5.69 Å². The summed E-state index contributed by atoms with van der Waals surface area (Å²) in [6.07, 6.45) is 6.45. The molecule has 3 heterocycles. The minimum absolute atomic E-state index is 0. The van der Waals surface area contributed by atoms with Crippen molar-refractivity contribution in [3.8, 4) is 0 Å². The lowest BCUT2D eigenvalue weighted by Gasteiger charge is -2.22. The number of halogens is 2. The van der Waals surface area contributed by atoms with Gasteiger partial charge in [-0.2, -0.15) is 0 Å². The summed E-state index contributed by atoms with van der Waals surface area (Å²) in [7, 11) is 0. The van der Waals surface area contributed by atoms with Crippen LogP contribution < -0.4 is 10.6 Å². The summed E-state index contributed by atoms with van der Waals surface area (Å²) in [5.74, 6) is 1.36. The van der Waals surface area contributed by atoms with Crippen molar-refractivity contribution in [3.05, 3.63) is 66.1 Å². The number of amides is 1. The maximum Gasteiger partial charge on any atom is 0.251 e. The van der Waals surface area contributed by atoms with E-state index >= 15 is 0 Å². The molecule has 1 aliphatic rings. The number of aromatic nitrogens is 2. The van der Waals surface area contributed by atoms with Crippen LogP contribution in [0.25, 0.3) is 5.65 Å². The summed E-state index contributed by atoms with van der Waals surface area (Å²) in [6, 6.07) is 13.8. The van der Waals surface area contributed by atoms with Crippen LogP contribution in [0.2, 0.25) is 0 Å². The van der Waals surface area contributed by atoms with E-state index in [1.54, 1.807) is 11.8 Å². The number of pyridine rings is 1. The van der Waals surface area contributed by atoms with Crippen molar-refractivity contribution in [2.45, 2.75) is 23.5 Å². The first-order valence-electron chi connectivity index (χ1n) is 9.42. The number of hydrogen-bond donors (Lipinski definition) is 2. The van der Waals surface area contributed by atoms with Gasteiger partial charge in [0.2, 0.25) is 0 Å². The molecule has 4 rings (SSSR count). The molecule has 1 saturated heterocycles. The molecule has 0 saturated carbocycles. The normalized spacial score (nSPS) is 15.9. The topological polar surface area (TPSA) is 58.4 Å². The van der Waals surface area contributed by atoms with Crippen LogP contribution in [0.1, 0.15) is 28.9 Å². The number of piperidine rings is 1. The summed E-state index contributed by atoms with van der Waals surface area (Å²) >= 11 is 1.73. The van der Waals surface area contributed by atoms with Crippen molar-refractivity contribution < 1.29 is 4.79 Å². The first kappa shape index (κ1) is 23.5. The van der Waals surface area contributed by atoms with Crippen molar-refractivity contribution in [2.24, 2.45) is 5.92 Å². The fraction of sp³-hybridized carbons (Fsp3) is 0.333. The van der Waals surface area contributed by atoms with E-state index < -0.39 is 0 Å². The minimum Gasteiger partial charge on any atom is -0.352 e. The highest BCUT2D eigenvalue weighted by Crippen LogP contribution is 2.23. The van der Waals surface area contributed by atoms with Gasteiger partial charge < -0.3 is 15.0 Å². The molecule has 0 spiro atoms. The lowest BCUT2D eigenvalue weighted by atomic mass is 10.00. The van der Waals surface area contributed by atoms with Crippen molar-refractivity contribution in [2.75, 3.05) is 19.6 Å². The van der Waals surface area contributed by atoms with E-state index in [0.29, 0.717) is 5.92 Å². The van der Waals surface area contributed by atoms with Gasteiger partial charge >= 0.3 is 0 Å². The van der Waals surface area contributed by atoms with Crippen LogP contribution in [0.4, 0.5) is 0 Å². The number of nitrogens with zero attached hydrogens (tertiary/aromatic N) is 2. The van der Waals surface area contributed by atoms with Crippen molar-refractivity contribution >= 4 is 48.1 Å². The van der Waals surface area contributed by atoms with Crippen molar-refractivity contribution in [3.63, 3.8) is 0 Å². The molecule has 156 valence electrons. The first-order valence-corrected chi connectivity index (χ1v) is 10.4. The molecule has 1 fully saturated rings. The Balaban J connectivity index is 0.00000150. The molecule has 1 unspecified atom stereocenters. The molecule has 8 heteroatoms. The molecule has 29 heavy (non-hydrogen) atoms. The summed E-state index contributed by atoms with van der Waals surface area (Å²) in [4.78, 5) is 18.1. The van der Waals surface area contributed by atoms with E-state index in [1.807, 2.05) is 53.1 Å². The lowest BCUT2D eigenvalue weighted by Crippen LogP contribution is -2.38. The van der Waals surface area contributed by atoms with Crippen LogP contribution in [0.5, 0.6) is 0 Å². The standard InChI is InChI=1S/C21H24N4OS.2ClH/c26-21(23-13-16-4-3-10-22-12-16)17-6-8-19(9-7-17)27-15-18-14-25-11-2-1-5-20(25)24-18;;/h1-2,5-9,11,14,16,22H,3-4,10,12-13,15H2,(H,23,26);2*1H. The van der Waals surface area contributed by atoms with Gasteiger partial charge in [-0.05, 0) is 68.2 Å². The number of fused-ring (bicyclic) bond motifs is 1. The summed E-state index contributed by atoms with van der Waals surface area (Å²) < 4.78 is 2.03. The number of rotatable bonds is 6. The third-order valence-corrected chi connectivity index (χ3v) is 5.91. The zero-order valence-corrected chi connectivity index (χ0v) is 18.5. The van der Waals surface area contributed by atoms with Gasteiger partial charge in [0.1, 0.15) is 5.65 Å². The zero-order chi connectivity index (χ0) is 18.5. The van der Waals surface area contributed by atoms with Gasteiger partial charge in [-0.3, -0.25) is 4.79 Å². The fourth-order valence-electron chi connectivity index (χ4n) is 3.35. The lowest BCUT2D eigenvalue weighted by molar-refractivity contribution is 0.0945. The van der Waals surface area contributed by atoms with E-state index in [4.69, 9.17) is 0 Å². The maximum atomic E-state index is 12.3. The van der Waals surface area contributed by atoms with Crippen LogP contribution >= 0.6 is 36.6 Å². The second kappa shape index (κ2) is 11.5. The van der Waals surface area contributed by atoms with Gasteiger partial charge in [-0.25, -0.2) is 4.98 Å². The zero-order valence-electron chi connectivity index (χ0n) is 16.0. The molecular weight excluding hydrogens is 427 g/mol. The third-order valence-electron chi connectivity index (χ3n) is 4.87. The smallest absolute Gasteiger partial charge is 0.251 e. The monoisotopic (exact) mass is 452 g/mol. The van der Waals surface area contributed by atoms with E-state index in [9.17, 15) is 4.79 Å². The van der Waals surface area contributed by atoms with Crippen LogP contribution in [-0.4, -0.2) is 34.9 Å². The second-order valence-electron chi connectivity index (χ2n) is 6.93. The maximum absolute atomic E-state index is 12.3. The number of nitrogens with one attached hydrogen (secondary N) is 2. The molecule has 3 aromatic rings. The molecule has 1 aliphatic heterocycles. The largest absolute Gasteiger partial charge is 0.352 e. The van der Waals surface area contributed by atoms with Gasteiger partial charge in [0.15, 0.2) is 0 Å². The Morgan fingerprint density at radius 1 is 1.21 bits per heavy atom.